The molecule has 0 aliphatic carbocycles. The van der Waals surface area contributed by atoms with E-state index in [4.69, 9.17) is 10.00 Å². The van der Waals surface area contributed by atoms with Crippen LogP contribution in [-0.4, -0.2) is 44.2 Å². The number of likely N-dealkylation sites (N-methyl/N-ethyl adjacent to an activating group) is 1. The fourth-order valence-electron chi connectivity index (χ4n) is 2.73. The predicted octanol–water partition coefficient (Wildman–Crippen LogP) is 2.26. The number of nitriles is 1. The van der Waals surface area contributed by atoms with Crippen molar-refractivity contribution >= 4 is 0 Å². The van der Waals surface area contributed by atoms with Crippen LogP contribution < -0.4 is 10.1 Å². The van der Waals surface area contributed by atoms with Crippen LogP contribution >= 0.6 is 0 Å². The van der Waals surface area contributed by atoms with Gasteiger partial charge in [-0.3, -0.25) is 4.90 Å². The third kappa shape index (κ3) is 5.37. The largest absolute Gasteiger partial charge is 0.492 e. The second-order valence-electron chi connectivity index (χ2n) is 5.57. The molecule has 1 saturated heterocycles. The van der Waals surface area contributed by atoms with Crippen molar-refractivity contribution in [2.75, 3.05) is 39.3 Å². The maximum Gasteiger partial charge on any atom is 0.119 e. The molecule has 1 aliphatic rings. The monoisotopic (exact) mass is 287 g/mol. The second kappa shape index (κ2) is 8.66. The van der Waals surface area contributed by atoms with Crippen molar-refractivity contribution in [2.45, 2.75) is 19.8 Å². The topological polar surface area (TPSA) is 48.3 Å². The van der Waals surface area contributed by atoms with Crippen molar-refractivity contribution in [3.05, 3.63) is 29.8 Å². The molecule has 1 fully saturated rings. The number of benzene rings is 1. The molecule has 4 heteroatoms. The molecule has 0 saturated carbocycles. The van der Waals surface area contributed by atoms with E-state index in [1.807, 2.05) is 12.1 Å². The van der Waals surface area contributed by atoms with Crippen molar-refractivity contribution in [3.63, 3.8) is 0 Å². The lowest BCUT2D eigenvalue weighted by Crippen LogP contribution is -2.37. The lowest BCUT2D eigenvalue weighted by atomic mass is 9.97. The van der Waals surface area contributed by atoms with Gasteiger partial charge in [-0.05, 0) is 62.7 Å². The molecule has 1 heterocycles. The van der Waals surface area contributed by atoms with E-state index in [0.29, 0.717) is 12.2 Å². The van der Waals surface area contributed by atoms with E-state index < -0.39 is 0 Å². The van der Waals surface area contributed by atoms with E-state index in [9.17, 15) is 0 Å². The average molecular weight is 287 g/mol. The van der Waals surface area contributed by atoms with Gasteiger partial charge in [-0.2, -0.15) is 5.26 Å². The number of nitrogens with zero attached hydrogens (tertiary/aromatic N) is 2. The Bertz CT molecular complexity index is 446. The summed E-state index contributed by atoms with van der Waals surface area (Å²) in [6.07, 6.45) is 2.57. The SMILES string of the molecule is CCN(CCOc1ccc(C#N)cc1)CC1CCNCC1. The zero-order valence-corrected chi connectivity index (χ0v) is 12.8. The van der Waals surface area contributed by atoms with Gasteiger partial charge in [0.15, 0.2) is 0 Å². The molecule has 1 aromatic carbocycles. The minimum atomic E-state index is 0.670. The highest BCUT2D eigenvalue weighted by Crippen LogP contribution is 2.14. The van der Waals surface area contributed by atoms with Gasteiger partial charge < -0.3 is 10.1 Å². The molecule has 0 bridgehead atoms. The third-order valence-corrected chi connectivity index (χ3v) is 4.08. The molecule has 114 valence electrons. The first kappa shape index (κ1) is 15.8. The standard InChI is InChI=1S/C17H25N3O/c1-2-20(14-16-7-9-19-10-8-16)11-12-21-17-5-3-15(13-18)4-6-17/h3-6,16,19H,2,7-12,14H2,1H3. The minimum Gasteiger partial charge on any atom is -0.492 e. The van der Waals surface area contributed by atoms with E-state index >= 15 is 0 Å². The first-order valence-electron chi connectivity index (χ1n) is 7.88. The zero-order valence-electron chi connectivity index (χ0n) is 12.8. The Labute approximate surface area is 127 Å². The summed E-state index contributed by atoms with van der Waals surface area (Å²) >= 11 is 0. The van der Waals surface area contributed by atoms with Gasteiger partial charge in [-0.25, -0.2) is 0 Å². The van der Waals surface area contributed by atoms with Gasteiger partial charge in [-0.15, -0.1) is 0 Å². The Morgan fingerprint density at radius 3 is 2.62 bits per heavy atom. The molecule has 2 rings (SSSR count). The summed E-state index contributed by atoms with van der Waals surface area (Å²) in [5.41, 5.74) is 0.670. The number of piperidine rings is 1. The minimum absolute atomic E-state index is 0.670. The molecule has 0 aromatic heterocycles. The van der Waals surface area contributed by atoms with Gasteiger partial charge in [-0.1, -0.05) is 6.92 Å². The van der Waals surface area contributed by atoms with E-state index in [-0.39, 0.29) is 0 Å². The summed E-state index contributed by atoms with van der Waals surface area (Å²) in [5.74, 6) is 1.66. The molecular weight excluding hydrogens is 262 g/mol. The Morgan fingerprint density at radius 2 is 2.00 bits per heavy atom. The molecule has 0 unspecified atom stereocenters. The number of nitrogens with one attached hydrogen (secondary N) is 1. The van der Waals surface area contributed by atoms with Crippen LogP contribution in [-0.2, 0) is 0 Å². The van der Waals surface area contributed by atoms with E-state index in [0.717, 1.165) is 37.8 Å². The van der Waals surface area contributed by atoms with Crippen molar-refractivity contribution in [1.29, 1.82) is 5.26 Å². The maximum absolute atomic E-state index is 8.76. The lowest BCUT2D eigenvalue weighted by Gasteiger charge is -2.29. The fourth-order valence-corrected chi connectivity index (χ4v) is 2.73. The summed E-state index contributed by atoms with van der Waals surface area (Å²) < 4.78 is 5.76. The van der Waals surface area contributed by atoms with Gasteiger partial charge in [0.2, 0.25) is 0 Å². The van der Waals surface area contributed by atoms with Crippen LogP contribution in [0.5, 0.6) is 5.75 Å². The Balaban J connectivity index is 1.70. The van der Waals surface area contributed by atoms with Crippen LogP contribution in [0.2, 0.25) is 0 Å². The lowest BCUT2D eigenvalue weighted by molar-refractivity contribution is 0.178. The molecule has 1 aromatic rings. The van der Waals surface area contributed by atoms with Gasteiger partial charge in [0.1, 0.15) is 12.4 Å². The fraction of sp³-hybridized carbons (Fsp3) is 0.588. The zero-order chi connectivity index (χ0) is 14.9. The smallest absolute Gasteiger partial charge is 0.119 e. The van der Waals surface area contributed by atoms with E-state index in [1.165, 1.54) is 19.4 Å². The Kier molecular flexibility index (Phi) is 6.52. The summed E-state index contributed by atoms with van der Waals surface area (Å²) in [7, 11) is 0. The first-order valence-corrected chi connectivity index (χ1v) is 7.88. The highest BCUT2D eigenvalue weighted by Gasteiger charge is 2.16. The van der Waals surface area contributed by atoms with Crippen LogP contribution in [0, 0.1) is 17.2 Å². The van der Waals surface area contributed by atoms with Crippen molar-refractivity contribution in [1.82, 2.24) is 10.2 Å². The molecule has 0 radical (unpaired) electrons. The van der Waals surface area contributed by atoms with Crippen LogP contribution in [0.1, 0.15) is 25.3 Å². The Morgan fingerprint density at radius 1 is 1.29 bits per heavy atom. The average Bonchev–Trinajstić information content (AvgIpc) is 2.55. The normalized spacial score (nSPS) is 15.9. The van der Waals surface area contributed by atoms with Gasteiger partial charge in [0.25, 0.3) is 0 Å². The van der Waals surface area contributed by atoms with Gasteiger partial charge in [0, 0.05) is 13.1 Å². The molecule has 4 nitrogen and oxygen atoms in total. The van der Waals surface area contributed by atoms with Crippen LogP contribution in [0.3, 0.4) is 0 Å². The third-order valence-electron chi connectivity index (χ3n) is 4.08. The highest BCUT2D eigenvalue weighted by molar-refractivity contribution is 5.34. The number of hydrogen-bond acceptors (Lipinski definition) is 4. The second-order valence-corrected chi connectivity index (χ2v) is 5.57. The van der Waals surface area contributed by atoms with E-state index in [2.05, 4.69) is 23.2 Å². The number of hydrogen-bond donors (Lipinski definition) is 1. The molecule has 21 heavy (non-hydrogen) atoms. The van der Waals surface area contributed by atoms with Gasteiger partial charge in [0.05, 0.1) is 11.6 Å². The van der Waals surface area contributed by atoms with E-state index in [1.54, 1.807) is 12.1 Å². The predicted molar refractivity (Wildman–Crippen MR) is 84.4 cm³/mol. The van der Waals surface area contributed by atoms with Gasteiger partial charge >= 0.3 is 0 Å². The van der Waals surface area contributed by atoms with Crippen molar-refractivity contribution in [3.8, 4) is 11.8 Å². The first-order chi connectivity index (χ1) is 10.3. The summed E-state index contributed by atoms with van der Waals surface area (Å²) in [6.45, 7) is 8.43. The number of rotatable bonds is 7. The van der Waals surface area contributed by atoms with Crippen molar-refractivity contribution < 1.29 is 4.74 Å². The van der Waals surface area contributed by atoms with Crippen LogP contribution in [0.15, 0.2) is 24.3 Å². The van der Waals surface area contributed by atoms with Crippen LogP contribution in [0.4, 0.5) is 0 Å². The quantitative estimate of drug-likeness (QED) is 0.835. The summed E-state index contributed by atoms with van der Waals surface area (Å²) in [6, 6.07) is 9.43. The molecule has 0 spiro atoms. The maximum atomic E-state index is 8.76. The molecule has 0 atom stereocenters. The molecule has 0 amide bonds. The molecule has 1 aliphatic heterocycles. The molecular formula is C17H25N3O. The Hall–Kier alpha value is -1.57. The number of ether oxygens (including phenoxy) is 1. The summed E-state index contributed by atoms with van der Waals surface area (Å²) in [5, 5.41) is 12.2. The summed E-state index contributed by atoms with van der Waals surface area (Å²) in [4.78, 5) is 2.47. The highest BCUT2D eigenvalue weighted by atomic mass is 16.5. The molecule has 1 N–H and O–H groups in total. The van der Waals surface area contributed by atoms with Crippen LogP contribution in [0.25, 0.3) is 0 Å². The van der Waals surface area contributed by atoms with Crippen molar-refractivity contribution in [2.24, 2.45) is 5.92 Å².